The second-order valence-electron chi connectivity index (χ2n) is 6.90. The molecule has 0 bridgehead atoms. The quantitative estimate of drug-likeness (QED) is 0.810. The van der Waals surface area contributed by atoms with Crippen molar-refractivity contribution in [1.82, 2.24) is 5.32 Å². The molecule has 116 valence electrons. The number of ether oxygens (including phenoxy) is 1. The molecule has 1 amide bonds. The van der Waals surface area contributed by atoms with Crippen molar-refractivity contribution in [2.24, 2.45) is 0 Å². The Labute approximate surface area is 127 Å². The molecule has 21 heavy (non-hydrogen) atoms. The molecule has 1 fully saturated rings. The highest BCUT2D eigenvalue weighted by Gasteiger charge is 2.36. The first-order valence-electron chi connectivity index (χ1n) is 7.68. The first-order chi connectivity index (χ1) is 9.81. The van der Waals surface area contributed by atoms with Crippen LogP contribution < -0.4 is 11.1 Å². The maximum atomic E-state index is 12.2. The van der Waals surface area contributed by atoms with Crippen LogP contribution in [0.2, 0.25) is 0 Å². The summed E-state index contributed by atoms with van der Waals surface area (Å²) in [6.45, 7) is 5.63. The minimum absolute atomic E-state index is 0.351. The highest BCUT2D eigenvalue weighted by molar-refractivity contribution is 5.69. The van der Waals surface area contributed by atoms with Crippen molar-refractivity contribution >= 4 is 11.8 Å². The molecule has 1 aliphatic carbocycles. The van der Waals surface area contributed by atoms with Crippen LogP contribution in [0.15, 0.2) is 24.3 Å². The van der Waals surface area contributed by atoms with Gasteiger partial charge in [-0.1, -0.05) is 31.4 Å². The van der Waals surface area contributed by atoms with Crippen molar-refractivity contribution in [3.05, 3.63) is 29.8 Å². The van der Waals surface area contributed by atoms with E-state index in [2.05, 4.69) is 5.32 Å². The largest absolute Gasteiger partial charge is 0.444 e. The molecule has 4 nitrogen and oxygen atoms in total. The topological polar surface area (TPSA) is 64.3 Å². The summed E-state index contributed by atoms with van der Waals surface area (Å²) in [5, 5.41) is 3.12. The molecule has 3 N–H and O–H groups in total. The number of rotatable bonds is 2. The second kappa shape index (κ2) is 5.96. The zero-order valence-electron chi connectivity index (χ0n) is 13.2. The van der Waals surface area contributed by atoms with E-state index in [9.17, 15) is 4.79 Å². The molecular weight excluding hydrogens is 264 g/mol. The van der Waals surface area contributed by atoms with Crippen molar-refractivity contribution in [3.8, 4) is 0 Å². The van der Waals surface area contributed by atoms with Crippen LogP contribution in [-0.2, 0) is 10.3 Å². The van der Waals surface area contributed by atoms with Crippen LogP contribution >= 0.6 is 0 Å². The highest BCUT2D eigenvalue weighted by atomic mass is 16.6. The summed E-state index contributed by atoms with van der Waals surface area (Å²) in [4.78, 5) is 12.2. The van der Waals surface area contributed by atoms with Crippen molar-refractivity contribution in [1.29, 1.82) is 0 Å². The SMILES string of the molecule is CC(C)(C)OC(=O)NC1(c2cccc(N)c2)CCCCC1. The third-order valence-corrected chi connectivity index (χ3v) is 3.89. The van der Waals surface area contributed by atoms with E-state index in [-0.39, 0.29) is 11.6 Å². The fraction of sp³-hybridized carbons (Fsp3) is 0.588. The van der Waals surface area contributed by atoms with Crippen molar-refractivity contribution in [2.45, 2.75) is 64.0 Å². The number of benzene rings is 1. The molecule has 4 heteroatoms. The maximum Gasteiger partial charge on any atom is 0.408 e. The molecule has 1 aromatic carbocycles. The minimum atomic E-state index is -0.490. The van der Waals surface area contributed by atoms with Gasteiger partial charge in [-0.2, -0.15) is 0 Å². The first kappa shape index (κ1) is 15.7. The van der Waals surface area contributed by atoms with Gasteiger partial charge in [0.15, 0.2) is 0 Å². The number of carbonyl (C=O) groups excluding carboxylic acids is 1. The van der Waals surface area contributed by atoms with Crippen LogP contribution in [0.1, 0.15) is 58.4 Å². The van der Waals surface area contributed by atoms with Gasteiger partial charge in [-0.3, -0.25) is 0 Å². The molecule has 0 aliphatic heterocycles. The Kier molecular flexibility index (Phi) is 4.45. The lowest BCUT2D eigenvalue weighted by Gasteiger charge is -2.39. The van der Waals surface area contributed by atoms with Gasteiger partial charge in [-0.05, 0) is 51.3 Å². The standard InChI is InChI=1S/C17H26N2O2/c1-16(2,3)21-15(20)19-17(10-5-4-6-11-17)13-8-7-9-14(18)12-13/h7-9,12H,4-6,10-11,18H2,1-3H3,(H,19,20). The number of amides is 1. The number of hydrogen-bond donors (Lipinski definition) is 2. The molecule has 1 saturated carbocycles. The first-order valence-corrected chi connectivity index (χ1v) is 7.68. The molecule has 0 spiro atoms. The molecule has 0 atom stereocenters. The molecule has 0 unspecified atom stereocenters. The zero-order chi connectivity index (χ0) is 15.5. The summed E-state index contributed by atoms with van der Waals surface area (Å²) in [6, 6.07) is 7.81. The smallest absolute Gasteiger partial charge is 0.408 e. The van der Waals surface area contributed by atoms with Crippen LogP contribution in [0.5, 0.6) is 0 Å². The van der Waals surface area contributed by atoms with Crippen LogP contribution in [0.25, 0.3) is 0 Å². The fourth-order valence-electron chi connectivity index (χ4n) is 2.98. The summed E-state index contributed by atoms with van der Waals surface area (Å²) in [5.41, 5.74) is 6.87. The maximum absolute atomic E-state index is 12.2. The van der Waals surface area contributed by atoms with Crippen molar-refractivity contribution in [2.75, 3.05) is 5.73 Å². The molecule has 0 heterocycles. The second-order valence-corrected chi connectivity index (χ2v) is 6.90. The normalized spacial score (nSPS) is 18.0. The van der Waals surface area contributed by atoms with Crippen molar-refractivity contribution in [3.63, 3.8) is 0 Å². The van der Waals surface area contributed by atoms with Crippen molar-refractivity contribution < 1.29 is 9.53 Å². The average Bonchev–Trinajstić information content (AvgIpc) is 2.37. The fourth-order valence-corrected chi connectivity index (χ4v) is 2.98. The van der Waals surface area contributed by atoms with Gasteiger partial charge >= 0.3 is 6.09 Å². The monoisotopic (exact) mass is 290 g/mol. The van der Waals surface area contributed by atoms with E-state index in [1.807, 2.05) is 45.0 Å². The summed E-state index contributed by atoms with van der Waals surface area (Å²) in [5.74, 6) is 0. The minimum Gasteiger partial charge on any atom is -0.444 e. The third kappa shape index (κ3) is 4.13. The van der Waals surface area contributed by atoms with Gasteiger partial charge in [0.2, 0.25) is 0 Å². The lowest BCUT2D eigenvalue weighted by molar-refractivity contribution is 0.0420. The Morgan fingerprint density at radius 3 is 2.48 bits per heavy atom. The molecule has 1 aromatic rings. The van der Waals surface area contributed by atoms with E-state index in [1.54, 1.807) is 0 Å². The van der Waals surface area contributed by atoms with Crippen LogP contribution in [-0.4, -0.2) is 11.7 Å². The lowest BCUT2D eigenvalue weighted by atomic mass is 9.76. The molecule has 0 saturated heterocycles. The number of nitrogen functional groups attached to an aromatic ring is 1. The van der Waals surface area contributed by atoms with Gasteiger partial charge in [0.05, 0.1) is 5.54 Å². The molecule has 0 radical (unpaired) electrons. The number of hydrogen-bond acceptors (Lipinski definition) is 3. The average molecular weight is 290 g/mol. The summed E-state index contributed by atoms with van der Waals surface area (Å²) in [6.07, 6.45) is 4.91. The Morgan fingerprint density at radius 1 is 1.24 bits per heavy atom. The van der Waals surface area contributed by atoms with E-state index in [0.29, 0.717) is 0 Å². The van der Waals surface area contributed by atoms with Gasteiger partial charge in [0.1, 0.15) is 5.60 Å². The van der Waals surface area contributed by atoms with Gasteiger partial charge in [-0.15, -0.1) is 0 Å². The summed E-state index contributed by atoms with van der Waals surface area (Å²) < 4.78 is 5.44. The van der Waals surface area contributed by atoms with Gasteiger partial charge in [-0.25, -0.2) is 4.79 Å². The van der Waals surface area contributed by atoms with Gasteiger partial charge in [0.25, 0.3) is 0 Å². The van der Waals surface area contributed by atoms with Crippen LogP contribution in [0, 0.1) is 0 Å². The number of carbonyl (C=O) groups is 1. The predicted octanol–water partition coefficient (Wildman–Crippen LogP) is 3.95. The molecule has 0 aromatic heterocycles. The molecule has 2 rings (SSSR count). The Hall–Kier alpha value is -1.71. The number of nitrogens with two attached hydrogens (primary N) is 1. The van der Waals surface area contributed by atoms with E-state index >= 15 is 0 Å². The molecular formula is C17H26N2O2. The number of nitrogens with one attached hydrogen (secondary N) is 1. The highest BCUT2D eigenvalue weighted by Crippen LogP contribution is 2.38. The zero-order valence-corrected chi connectivity index (χ0v) is 13.2. The van der Waals surface area contributed by atoms with Gasteiger partial charge < -0.3 is 15.8 Å². The molecule has 1 aliphatic rings. The van der Waals surface area contributed by atoms with Gasteiger partial charge in [0, 0.05) is 5.69 Å². The van der Waals surface area contributed by atoms with Crippen LogP contribution in [0.4, 0.5) is 10.5 Å². The Balaban J connectivity index is 2.23. The lowest BCUT2D eigenvalue weighted by Crippen LogP contribution is -2.48. The summed E-state index contributed by atoms with van der Waals surface area (Å²) >= 11 is 0. The Bertz CT molecular complexity index is 500. The predicted molar refractivity (Wildman–Crippen MR) is 85.0 cm³/mol. The third-order valence-electron chi connectivity index (χ3n) is 3.89. The Morgan fingerprint density at radius 2 is 1.90 bits per heavy atom. The van der Waals surface area contributed by atoms with Crippen LogP contribution in [0.3, 0.4) is 0 Å². The van der Waals surface area contributed by atoms with E-state index in [4.69, 9.17) is 10.5 Å². The van der Waals surface area contributed by atoms with E-state index in [0.717, 1.165) is 36.9 Å². The number of anilines is 1. The van der Waals surface area contributed by atoms with E-state index < -0.39 is 5.60 Å². The summed E-state index contributed by atoms with van der Waals surface area (Å²) in [7, 11) is 0. The number of alkyl carbamates (subject to hydrolysis) is 1. The van der Waals surface area contributed by atoms with E-state index in [1.165, 1.54) is 6.42 Å².